The van der Waals surface area contributed by atoms with E-state index in [0.29, 0.717) is 40.7 Å². The van der Waals surface area contributed by atoms with Crippen LogP contribution in [0.2, 0.25) is 10.0 Å². The number of amides is 2. The van der Waals surface area contributed by atoms with Gasteiger partial charge in [0.25, 0.3) is 5.91 Å². The van der Waals surface area contributed by atoms with Crippen LogP contribution in [0.1, 0.15) is 28.8 Å². The number of carbonyl (C=O) groups excluding carboxylic acids is 2. The van der Waals surface area contributed by atoms with Crippen LogP contribution >= 0.6 is 23.2 Å². The first-order chi connectivity index (χ1) is 15.0. The number of aromatic nitrogens is 2. The minimum absolute atomic E-state index is 0.203. The highest BCUT2D eigenvalue weighted by atomic mass is 35.5. The van der Waals surface area contributed by atoms with Crippen LogP contribution in [-0.2, 0) is 11.3 Å². The Bertz CT molecular complexity index is 1100. The molecule has 3 N–H and O–H groups in total. The third kappa shape index (κ3) is 4.95. The van der Waals surface area contributed by atoms with Gasteiger partial charge >= 0.3 is 0 Å². The van der Waals surface area contributed by atoms with Crippen molar-refractivity contribution in [1.82, 2.24) is 20.6 Å². The quantitative estimate of drug-likeness (QED) is 0.498. The molecule has 0 bridgehead atoms. The summed E-state index contributed by atoms with van der Waals surface area (Å²) in [5, 5.41) is 9.85. The molecule has 1 aromatic heterocycles. The molecule has 7 nitrogen and oxygen atoms in total. The summed E-state index contributed by atoms with van der Waals surface area (Å²) in [6, 6.07) is 13.0. The summed E-state index contributed by atoms with van der Waals surface area (Å²) in [5.74, 6) is -0.561. The summed E-state index contributed by atoms with van der Waals surface area (Å²) in [6.45, 7) is 0.350. The van der Waals surface area contributed by atoms with Crippen molar-refractivity contribution < 1.29 is 9.59 Å². The summed E-state index contributed by atoms with van der Waals surface area (Å²) in [7, 11) is 0. The van der Waals surface area contributed by atoms with Crippen molar-refractivity contribution in [2.45, 2.75) is 24.9 Å². The fourth-order valence-corrected chi connectivity index (χ4v) is 3.40. The number of rotatable bonds is 7. The van der Waals surface area contributed by atoms with Crippen LogP contribution in [0.4, 0.5) is 11.4 Å². The summed E-state index contributed by atoms with van der Waals surface area (Å²) in [5.41, 5.74) is 1.94. The molecule has 9 heteroatoms. The maximum atomic E-state index is 12.6. The fraction of sp³-hybridized carbons (Fsp3) is 0.182. The number of halogens is 2. The summed E-state index contributed by atoms with van der Waals surface area (Å²) in [4.78, 5) is 32.6. The van der Waals surface area contributed by atoms with Crippen molar-refractivity contribution in [3.63, 3.8) is 0 Å². The molecule has 4 rings (SSSR count). The van der Waals surface area contributed by atoms with E-state index in [4.69, 9.17) is 23.2 Å². The van der Waals surface area contributed by atoms with Gasteiger partial charge in [-0.3, -0.25) is 9.59 Å². The standard InChI is InChI=1S/C22H19Cl2N5O2/c23-17-2-1-3-18(19(17)24)28-16-6-4-14(5-7-16)10-27-21(31)22(8-9-22)29-20(30)15-11-25-13-26-12-15/h1-7,11-13,28H,8-10H2,(H,27,31)(H,29,30). The van der Waals surface area contributed by atoms with E-state index >= 15 is 0 Å². The van der Waals surface area contributed by atoms with Gasteiger partial charge in [0, 0.05) is 24.6 Å². The van der Waals surface area contributed by atoms with E-state index in [1.165, 1.54) is 18.7 Å². The van der Waals surface area contributed by atoms with Crippen LogP contribution in [0.3, 0.4) is 0 Å². The van der Waals surface area contributed by atoms with Gasteiger partial charge in [0.1, 0.15) is 11.9 Å². The summed E-state index contributed by atoms with van der Waals surface area (Å²) >= 11 is 12.2. The number of anilines is 2. The molecule has 0 atom stereocenters. The van der Waals surface area contributed by atoms with Crippen LogP contribution < -0.4 is 16.0 Å². The van der Waals surface area contributed by atoms with E-state index in [1.807, 2.05) is 36.4 Å². The Morgan fingerprint density at radius 1 is 1.00 bits per heavy atom. The van der Waals surface area contributed by atoms with E-state index in [9.17, 15) is 9.59 Å². The lowest BCUT2D eigenvalue weighted by molar-refractivity contribution is -0.124. The predicted octanol–water partition coefficient (Wildman–Crippen LogP) is 4.11. The molecule has 1 fully saturated rings. The molecule has 0 unspecified atom stereocenters. The lowest BCUT2D eigenvalue weighted by Crippen LogP contribution is -2.48. The molecule has 1 heterocycles. The summed E-state index contributed by atoms with van der Waals surface area (Å²) < 4.78 is 0. The molecule has 2 amide bonds. The van der Waals surface area contributed by atoms with Crippen LogP contribution in [0.15, 0.2) is 61.2 Å². The zero-order chi connectivity index (χ0) is 21.8. The van der Waals surface area contributed by atoms with Gasteiger partial charge in [-0.1, -0.05) is 41.4 Å². The van der Waals surface area contributed by atoms with Crippen LogP contribution in [0.25, 0.3) is 0 Å². The molecule has 0 spiro atoms. The predicted molar refractivity (Wildman–Crippen MR) is 119 cm³/mol. The van der Waals surface area contributed by atoms with E-state index in [1.54, 1.807) is 6.07 Å². The molecule has 31 heavy (non-hydrogen) atoms. The lowest BCUT2D eigenvalue weighted by Gasteiger charge is -2.17. The monoisotopic (exact) mass is 455 g/mol. The summed E-state index contributed by atoms with van der Waals surface area (Å²) in [6.07, 6.45) is 5.38. The number of nitrogens with zero attached hydrogens (tertiary/aromatic N) is 2. The van der Waals surface area contributed by atoms with Crippen molar-refractivity contribution in [1.29, 1.82) is 0 Å². The first-order valence-electron chi connectivity index (χ1n) is 9.63. The highest BCUT2D eigenvalue weighted by Crippen LogP contribution is 2.36. The van der Waals surface area contributed by atoms with E-state index in [-0.39, 0.29) is 11.8 Å². The zero-order valence-electron chi connectivity index (χ0n) is 16.4. The second kappa shape index (κ2) is 8.91. The molecule has 1 aliphatic rings. The topological polar surface area (TPSA) is 96.0 Å². The maximum Gasteiger partial charge on any atom is 0.255 e. The molecular weight excluding hydrogens is 437 g/mol. The van der Waals surface area contributed by atoms with Crippen LogP contribution in [-0.4, -0.2) is 27.3 Å². The zero-order valence-corrected chi connectivity index (χ0v) is 17.9. The molecular formula is C22H19Cl2N5O2. The number of nitrogens with one attached hydrogen (secondary N) is 3. The Balaban J connectivity index is 1.32. The van der Waals surface area contributed by atoms with Gasteiger partial charge in [0.15, 0.2) is 0 Å². The Morgan fingerprint density at radius 3 is 2.39 bits per heavy atom. The molecule has 3 aromatic rings. The SMILES string of the molecule is O=C(NC1(C(=O)NCc2ccc(Nc3cccc(Cl)c3Cl)cc2)CC1)c1cncnc1. The molecule has 0 radical (unpaired) electrons. The maximum absolute atomic E-state index is 12.6. The average Bonchev–Trinajstić information content (AvgIpc) is 3.57. The van der Waals surface area contributed by atoms with E-state index in [2.05, 4.69) is 25.9 Å². The molecule has 158 valence electrons. The van der Waals surface area contributed by atoms with Crippen molar-refractivity contribution in [2.24, 2.45) is 0 Å². The van der Waals surface area contributed by atoms with E-state index < -0.39 is 5.54 Å². The second-order valence-electron chi connectivity index (χ2n) is 7.27. The first kappa shape index (κ1) is 21.1. The van der Waals surface area contributed by atoms with Crippen molar-refractivity contribution >= 4 is 46.4 Å². The highest BCUT2D eigenvalue weighted by molar-refractivity contribution is 6.43. The number of hydrogen-bond acceptors (Lipinski definition) is 5. The Labute approximate surface area is 189 Å². The van der Waals surface area contributed by atoms with Gasteiger partial charge in [0.2, 0.25) is 5.91 Å². The minimum atomic E-state index is -0.863. The normalized spacial score (nSPS) is 13.9. The van der Waals surface area contributed by atoms with Gasteiger partial charge in [-0.25, -0.2) is 9.97 Å². The Kier molecular flexibility index (Phi) is 6.06. The highest BCUT2D eigenvalue weighted by Gasteiger charge is 2.51. The fourth-order valence-electron chi connectivity index (χ4n) is 3.05. The van der Waals surface area contributed by atoms with E-state index in [0.717, 1.165) is 11.3 Å². The third-order valence-corrected chi connectivity index (χ3v) is 5.82. The average molecular weight is 456 g/mol. The number of carbonyl (C=O) groups is 2. The van der Waals surface area contributed by atoms with Crippen molar-refractivity contribution in [3.8, 4) is 0 Å². The van der Waals surface area contributed by atoms with Gasteiger partial charge < -0.3 is 16.0 Å². The molecule has 2 aromatic carbocycles. The third-order valence-electron chi connectivity index (χ3n) is 5.00. The molecule has 1 saturated carbocycles. The van der Waals surface area contributed by atoms with Gasteiger partial charge in [-0.05, 0) is 42.7 Å². The van der Waals surface area contributed by atoms with Gasteiger partial charge in [0.05, 0.1) is 21.3 Å². The number of hydrogen-bond donors (Lipinski definition) is 3. The van der Waals surface area contributed by atoms with Crippen molar-refractivity contribution in [3.05, 3.63) is 82.4 Å². The molecule has 0 aliphatic heterocycles. The Morgan fingerprint density at radius 2 is 1.71 bits per heavy atom. The van der Waals surface area contributed by atoms with Gasteiger partial charge in [-0.2, -0.15) is 0 Å². The lowest BCUT2D eigenvalue weighted by atomic mass is 10.1. The van der Waals surface area contributed by atoms with Crippen LogP contribution in [0, 0.1) is 0 Å². The van der Waals surface area contributed by atoms with Gasteiger partial charge in [-0.15, -0.1) is 0 Å². The first-order valence-corrected chi connectivity index (χ1v) is 10.4. The van der Waals surface area contributed by atoms with Crippen molar-refractivity contribution in [2.75, 3.05) is 5.32 Å². The molecule has 1 aliphatic carbocycles. The second-order valence-corrected chi connectivity index (χ2v) is 8.05. The minimum Gasteiger partial charge on any atom is -0.354 e. The van der Waals surface area contributed by atoms with Crippen LogP contribution in [0.5, 0.6) is 0 Å². The molecule has 0 saturated heterocycles. The Hall–Kier alpha value is -3.16. The largest absolute Gasteiger partial charge is 0.354 e. The number of benzene rings is 2. The smallest absolute Gasteiger partial charge is 0.255 e.